The van der Waals surface area contributed by atoms with Gasteiger partial charge in [-0.05, 0) is 49.6 Å². The quantitative estimate of drug-likeness (QED) is 0.745. The van der Waals surface area contributed by atoms with Crippen LogP contribution < -0.4 is 0 Å². The first-order valence-corrected chi connectivity index (χ1v) is 8.96. The molecular formula is C23H34BO2. The SMILES string of the molecule is Cc1cc(Cc2cc(C)cc(C(C)(C)C)c2O)c(O)c(C(C)(C)C)c1.[2H][B][3H]. The summed E-state index contributed by atoms with van der Waals surface area (Å²) in [4.78, 5) is 0. The lowest BCUT2D eigenvalue weighted by molar-refractivity contribution is 0.435. The first-order valence-electron chi connectivity index (χ1n) is 10.1. The summed E-state index contributed by atoms with van der Waals surface area (Å²) >= 11 is 0. The van der Waals surface area contributed by atoms with Gasteiger partial charge in [-0.3, -0.25) is 0 Å². The number of hydrogen-bond acceptors (Lipinski definition) is 2. The molecule has 1 radical (unpaired) electrons. The third kappa shape index (κ3) is 4.63. The van der Waals surface area contributed by atoms with Crippen molar-refractivity contribution in [3.63, 3.8) is 0 Å². The standard InChI is InChI=1S/C23H32O2.BH2/c1-14-9-16(20(24)18(11-14)22(3,4)5)13-17-10-15(2)12-19(21(17)25)23(6,7)8;/h9-12,24-25H,13H2,1-8H3;1H2/i;1TD. The van der Waals surface area contributed by atoms with Crippen LogP contribution in [0.1, 0.15) is 74.9 Å². The summed E-state index contributed by atoms with van der Waals surface area (Å²) in [5, 5.41) is 21.6. The Morgan fingerprint density at radius 2 is 1.15 bits per heavy atom. The zero-order chi connectivity index (χ0) is 21.9. The maximum absolute atomic E-state index is 10.8. The van der Waals surface area contributed by atoms with E-state index in [-0.39, 0.29) is 10.8 Å². The summed E-state index contributed by atoms with van der Waals surface area (Å²) in [5.41, 5.74) is 5.63. The summed E-state index contributed by atoms with van der Waals surface area (Å²) in [6.45, 7) is 16.7. The molecule has 2 nitrogen and oxygen atoms in total. The highest BCUT2D eigenvalue weighted by molar-refractivity contribution is 5.75. The molecule has 2 aromatic rings. The van der Waals surface area contributed by atoms with Gasteiger partial charge in [0.1, 0.15) is 11.5 Å². The van der Waals surface area contributed by atoms with E-state index >= 15 is 0 Å². The molecule has 0 fully saturated rings. The van der Waals surface area contributed by atoms with Crippen molar-refractivity contribution in [2.75, 3.05) is 0 Å². The Labute approximate surface area is 163 Å². The van der Waals surface area contributed by atoms with E-state index in [1.54, 1.807) is 0 Å². The minimum absolute atomic E-state index is 0.129. The second-order valence-electron chi connectivity index (χ2n) is 9.32. The Morgan fingerprint density at radius 1 is 0.846 bits per heavy atom. The highest BCUT2D eigenvalue weighted by Gasteiger charge is 2.24. The number of phenols is 2. The fourth-order valence-corrected chi connectivity index (χ4v) is 3.33. The number of aryl methyl sites for hydroxylation is 2. The zero-order valence-electron chi connectivity index (χ0n) is 19.5. The van der Waals surface area contributed by atoms with Crippen molar-refractivity contribution >= 4 is 8.34 Å². The lowest BCUT2D eigenvalue weighted by Gasteiger charge is -2.25. The fourth-order valence-electron chi connectivity index (χ4n) is 3.33. The largest absolute Gasteiger partial charge is 0.507 e. The Morgan fingerprint density at radius 3 is 1.42 bits per heavy atom. The zero-order valence-corrected chi connectivity index (χ0v) is 17.5. The Balaban J connectivity index is 0.00000122. The maximum Gasteiger partial charge on any atom is 0.122 e. The molecular weight excluding hydrogens is 319 g/mol. The van der Waals surface area contributed by atoms with E-state index in [4.69, 9.17) is 2.67 Å². The van der Waals surface area contributed by atoms with Crippen LogP contribution in [0.2, 0.25) is 0 Å². The van der Waals surface area contributed by atoms with Crippen molar-refractivity contribution in [1.82, 2.24) is 0 Å². The lowest BCUT2D eigenvalue weighted by Crippen LogP contribution is -2.14. The maximum atomic E-state index is 10.8. The molecule has 0 aliphatic carbocycles. The van der Waals surface area contributed by atoms with Crippen molar-refractivity contribution in [2.45, 2.75) is 72.6 Å². The summed E-state index contributed by atoms with van der Waals surface area (Å²) in [5.74, 6) is 0.688. The number of aromatic hydroxyl groups is 2. The Kier molecular flexibility index (Phi) is 5.36. The van der Waals surface area contributed by atoms with Crippen molar-refractivity contribution in [3.8, 4) is 11.5 Å². The average Bonchev–Trinajstić information content (AvgIpc) is 2.52. The molecule has 0 aromatic heterocycles. The van der Waals surface area contributed by atoms with Crippen molar-refractivity contribution < 1.29 is 10.2 Å². The second kappa shape index (κ2) is 7.38. The van der Waals surface area contributed by atoms with Crippen molar-refractivity contribution in [3.05, 3.63) is 57.6 Å². The van der Waals surface area contributed by atoms with Gasteiger partial charge in [-0.25, -0.2) is 0 Å². The molecule has 26 heavy (non-hydrogen) atoms. The molecule has 2 N–H and O–H groups in total. The molecule has 3 heteroatoms. The van der Waals surface area contributed by atoms with Gasteiger partial charge in [0.05, 0.1) is 8.34 Å². The van der Waals surface area contributed by atoms with E-state index in [9.17, 15) is 10.2 Å². The van der Waals surface area contributed by atoms with E-state index in [1.165, 1.54) is 0 Å². The monoisotopic (exact) mass is 356 g/mol. The van der Waals surface area contributed by atoms with E-state index in [2.05, 4.69) is 67.5 Å². The van der Waals surface area contributed by atoms with Crippen molar-refractivity contribution in [1.29, 1.82) is 2.67 Å². The molecule has 0 aliphatic heterocycles. The summed E-state index contributed by atoms with van der Waals surface area (Å²) in [7, 11) is 0.500. The minimum Gasteiger partial charge on any atom is -0.507 e. The van der Waals surface area contributed by atoms with Gasteiger partial charge in [0, 0.05) is 6.42 Å². The molecule has 141 valence electrons. The molecule has 0 heterocycles. The third-order valence-corrected chi connectivity index (χ3v) is 4.66. The predicted octanol–water partition coefficient (Wildman–Crippen LogP) is 4.98. The first-order chi connectivity index (χ1) is 12.7. The number of phenolic OH excluding ortho intramolecular Hbond substituents is 2. The van der Waals surface area contributed by atoms with Crippen LogP contribution in [-0.2, 0) is 17.3 Å². The van der Waals surface area contributed by atoms with Crippen LogP contribution in [0.25, 0.3) is 0 Å². The van der Waals surface area contributed by atoms with Crippen LogP contribution >= 0.6 is 0 Å². The highest BCUT2D eigenvalue weighted by atomic mass is 16.3. The molecule has 2 aromatic carbocycles. The smallest absolute Gasteiger partial charge is 0.122 e. The van der Waals surface area contributed by atoms with Crippen LogP contribution in [0.5, 0.6) is 11.5 Å². The predicted molar refractivity (Wildman–Crippen MR) is 114 cm³/mol. The number of hydrogen-bond donors (Lipinski definition) is 2. The third-order valence-electron chi connectivity index (χ3n) is 4.66. The van der Waals surface area contributed by atoms with Gasteiger partial charge in [-0.2, -0.15) is 0 Å². The molecule has 0 bridgehead atoms. The van der Waals surface area contributed by atoms with Crippen LogP contribution in [0.4, 0.5) is 0 Å². The molecule has 0 aliphatic rings. The van der Waals surface area contributed by atoms with Crippen LogP contribution in [0, 0.1) is 13.8 Å². The second-order valence-corrected chi connectivity index (χ2v) is 9.32. The minimum atomic E-state index is -0.129. The van der Waals surface area contributed by atoms with Gasteiger partial charge in [-0.15, -0.1) is 0 Å². The Bertz CT molecular complexity index is 751. The molecule has 0 amide bonds. The normalized spacial score (nSPS) is 12.6. The molecule has 2 rings (SSSR count). The van der Waals surface area contributed by atoms with Crippen LogP contribution in [0.3, 0.4) is 0 Å². The van der Waals surface area contributed by atoms with Gasteiger partial charge in [0.15, 0.2) is 0 Å². The first kappa shape index (κ1) is 18.9. The topological polar surface area (TPSA) is 40.5 Å². The van der Waals surface area contributed by atoms with Crippen LogP contribution in [-0.4, -0.2) is 21.2 Å². The van der Waals surface area contributed by atoms with Gasteiger partial charge < -0.3 is 10.2 Å². The van der Waals surface area contributed by atoms with Crippen LogP contribution in [0.15, 0.2) is 24.3 Å². The van der Waals surface area contributed by atoms with E-state index in [0.717, 1.165) is 33.4 Å². The number of rotatable bonds is 2. The molecule has 0 saturated heterocycles. The van der Waals surface area contributed by atoms with E-state index in [0.29, 0.717) is 26.3 Å². The fraction of sp³-hybridized carbons (Fsp3) is 0.478. The van der Waals surface area contributed by atoms with Gasteiger partial charge in [0.25, 0.3) is 0 Å². The summed E-state index contributed by atoms with van der Waals surface area (Å²) in [6.07, 6.45) is 0.521. The lowest BCUT2D eigenvalue weighted by atomic mass is 9.81. The van der Waals surface area contributed by atoms with Gasteiger partial charge in [0.2, 0.25) is 0 Å². The number of benzene rings is 2. The van der Waals surface area contributed by atoms with Gasteiger partial charge in [-0.1, -0.05) is 76.9 Å². The van der Waals surface area contributed by atoms with E-state index in [1.807, 2.05) is 12.1 Å². The van der Waals surface area contributed by atoms with Crippen molar-refractivity contribution in [2.24, 2.45) is 0 Å². The summed E-state index contributed by atoms with van der Waals surface area (Å²) < 4.78 is 11.5. The average molecular weight is 356 g/mol. The van der Waals surface area contributed by atoms with E-state index < -0.39 is 0 Å². The van der Waals surface area contributed by atoms with Gasteiger partial charge >= 0.3 is 0 Å². The highest BCUT2D eigenvalue weighted by Crippen LogP contribution is 2.39. The molecule has 0 atom stereocenters. The summed E-state index contributed by atoms with van der Waals surface area (Å²) in [6, 6.07) is 8.14. The molecule has 0 saturated carbocycles. The molecule has 0 unspecified atom stereocenters. The molecule has 0 spiro atoms. The Hall–Kier alpha value is -1.90.